The SMILES string of the molecule is CCOCCN(CC)C(=O)N[C@@H](CC(N)=O)C(=O)O. The third-order valence-corrected chi connectivity index (χ3v) is 2.38. The molecule has 0 rings (SSSR count). The minimum absolute atomic E-state index is 0.346. The van der Waals surface area contributed by atoms with Gasteiger partial charge in [0, 0.05) is 19.7 Å². The van der Waals surface area contributed by atoms with E-state index in [1.807, 2.05) is 6.92 Å². The lowest BCUT2D eigenvalue weighted by Gasteiger charge is -2.23. The van der Waals surface area contributed by atoms with Gasteiger partial charge in [-0.3, -0.25) is 4.79 Å². The molecule has 0 radical (unpaired) electrons. The lowest BCUT2D eigenvalue weighted by molar-refractivity contribution is -0.140. The van der Waals surface area contributed by atoms with E-state index in [2.05, 4.69) is 5.32 Å². The van der Waals surface area contributed by atoms with Gasteiger partial charge < -0.3 is 25.8 Å². The van der Waals surface area contributed by atoms with E-state index in [4.69, 9.17) is 15.6 Å². The number of carboxylic acids is 1. The van der Waals surface area contributed by atoms with Crippen LogP contribution in [0.25, 0.3) is 0 Å². The molecule has 0 aliphatic carbocycles. The van der Waals surface area contributed by atoms with Crippen molar-refractivity contribution in [3.8, 4) is 0 Å². The third-order valence-electron chi connectivity index (χ3n) is 2.38. The quantitative estimate of drug-likeness (QED) is 0.484. The molecule has 19 heavy (non-hydrogen) atoms. The van der Waals surface area contributed by atoms with Crippen LogP contribution in [0.2, 0.25) is 0 Å². The average molecular weight is 275 g/mol. The number of urea groups is 1. The number of hydrogen-bond acceptors (Lipinski definition) is 4. The summed E-state index contributed by atoms with van der Waals surface area (Å²) in [7, 11) is 0. The average Bonchev–Trinajstić information content (AvgIpc) is 2.33. The Morgan fingerprint density at radius 2 is 2.00 bits per heavy atom. The summed E-state index contributed by atoms with van der Waals surface area (Å²) in [5, 5.41) is 11.1. The first-order valence-electron chi connectivity index (χ1n) is 6.06. The van der Waals surface area contributed by atoms with Gasteiger partial charge in [-0.05, 0) is 13.8 Å². The Balaban J connectivity index is 4.41. The zero-order valence-electron chi connectivity index (χ0n) is 11.2. The van der Waals surface area contributed by atoms with Crippen LogP contribution in [0.4, 0.5) is 4.79 Å². The summed E-state index contributed by atoms with van der Waals surface area (Å²) in [5.41, 5.74) is 4.93. The van der Waals surface area contributed by atoms with Crippen LogP contribution in [0.15, 0.2) is 0 Å². The molecule has 4 N–H and O–H groups in total. The molecule has 0 aliphatic rings. The second kappa shape index (κ2) is 9.15. The number of nitrogens with one attached hydrogen (secondary N) is 1. The van der Waals surface area contributed by atoms with Crippen molar-refractivity contribution in [1.29, 1.82) is 0 Å². The first-order chi connectivity index (χ1) is 8.92. The molecule has 0 fully saturated rings. The number of nitrogens with zero attached hydrogens (tertiary/aromatic N) is 1. The van der Waals surface area contributed by atoms with Crippen molar-refractivity contribution in [2.45, 2.75) is 26.3 Å². The summed E-state index contributed by atoms with van der Waals surface area (Å²) in [6, 6.07) is -1.87. The summed E-state index contributed by atoms with van der Waals surface area (Å²) >= 11 is 0. The molecule has 0 aromatic rings. The maximum atomic E-state index is 11.8. The van der Waals surface area contributed by atoms with Crippen molar-refractivity contribution in [1.82, 2.24) is 10.2 Å². The molecule has 1 atom stereocenters. The molecule has 0 heterocycles. The van der Waals surface area contributed by atoms with Gasteiger partial charge in [0.05, 0.1) is 13.0 Å². The maximum absolute atomic E-state index is 11.8. The zero-order chi connectivity index (χ0) is 14.8. The predicted molar refractivity (Wildman–Crippen MR) is 67.5 cm³/mol. The number of nitrogens with two attached hydrogens (primary N) is 1. The van der Waals surface area contributed by atoms with E-state index in [1.54, 1.807) is 6.92 Å². The van der Waals surface area contributed by atoms with E-state index < -0.39 is 30.4 Å². The number of carbonyl (C=O) groups excluding carboxylic acids is 2. The molecule has 110 valence electrons. The lowest BCUT2D eigenvalue weighted by atomic mass is 10.2. The fourth-order valence-corrected chi connectivity index (χ4v) is 1.36. The first-order valence-corrected chi connectivity index (χ1v) is 6.06. The molecular formula is C11H21N3O5. The van der Waals surface area contributed by atoms with Crippen LogP contribution >= 0.6 is 0 Å². The predicted octanol–water partition coefficient (Wildman–Crippen LogP) is -0.617. The second-order valence-electron chi connectivity index (χ2n) is 3.79. The number of primary amides is 1. The lowest BCUT2D eigenvalue weighted by Crippen LogP contribution is -2.50. The normalized spacial score (nSPS) is 11.7. The van der Waals surface area contributed by atoms with E-state index in [9.17, 15) is 14.4 Å². The molecule has 0 unspecified atom stereocenters. The van der Waals surface area contributed by atoms with Crippen LogP contribution < -0.4 is 11.1 Å². The van der Waals surface area contributed by atoms with Crippen molar-refractivity contribution in [2.75, 3.05) is 26.3 Å². The Morgan fingerprint density at radius 3 is 2.42 bits per heavy atom. The molecule has 0 aromatic carbocycles. The van der Waals surface area contributed by atoms with E-state index in [0.29, 0.717) is 26.3 Å². The van der Waals surface area contributed by atoms with Gasteiger partial charge in [-0.1, -0.05) is 0 Å². The minimum atomic E-state index is -1.31. The number of carbonyl (C=O) groups is 3. The molecule has 0 saturated carbocycles. The molecule has 0 bridgehead atoms. The number of hydrogen-bond donors (Lipinski definition) is 3. The number of likely N-dealkylation sites (N-methyl/N-ethyl adjacent to an activating group) is 1. The van der Waals surface area contributed by atoms with Crippen molar-refractivity contribution < 1.29 is 24.2 Å². The van der Waals surface area contributed by atoms with E-state index in [1.165, 1.54) is 4.90 Å². The third kappa shape index (κ3) is 7.24. The highest BCUT2D eigenvalue weighted by molar-refractivity contribution is 5.87. The van der Waals surface area contributed by atoms with Crippen LogP contribution in [0.1, 0.15) is 20.3 Å². The summed E-state index contributed by atoms with van der Waals surface area (Å²) in [4.78, 5) is 34.8. The van der Waals surface area contributed by atoms with Crippen molar-refractivity contribution in [3.05, 3.63) is 0 Å². The standard InChI is InChI=1S/C11H21N3O5/c1-3-14(5-6-19-4-2)11(18)13-8(10(16)17)7-9(12)15/h8H,3-7H2,1-2H3,(H2,12,15)(H,13,18)(H,16,17)/t8-/m0/s1. The van der Waals surface area contributed by atoms with Crippen molar-refractivity contribution in [3.63, 3.8) is 0 Å². The molecule has 3 amide bonds. The van der Waals surface area contributed by atoms with E-state index >= 15 is 0 Å². The Hall–Kier alpha value is -1.83. The number of aliphatic carboxylic acids is 1. The minimum Gasteiger partial charge on any atom is -0.480 e. The molecule has 8 nitrogen and oxygen atoms in total. The van der Waals surface area contributed by atoms with Crippen molar-refractivity contribution >= 4 is 17.9 Å². The highest BCUT2D eigenvalue weighted by Crippen LogP contribution is 1.96. The Kier molecular flexibility index (Phi) is 8.27. The van der Waals surface area contributed by atoms with Gasteiger partial charge in [0.2, 0.25) is 5.91 Å². The Bertz CT molecular complexity index is 321. The summed E-state index contributed by atoms with van der Waals surface area (Å²) < 4.78 is 5.12. The van der Waals surface area contributed by atoms with Gasteiger partial charge >= 0.3 is 12.0 Å². The largest absolute Gasteiger partial charge is 0.480 e. The first kappa shape index (κ1) is 17.2. The summed E-state index contributed by atoms with van der Waals surface area (Å²) in [6.07, 6.45) is -0.440. The zero-order valence-corrected chi connectivity index (χ0v) is 11.2. The molecule has 8 heteroatoms. The second-order valence-corrected chi connectivity index (χ2v) is 3.79. The molecule has 0 spiro atoms. The highest BCUT2D eigenvalue weighted by Gasteiger charge is 2.24. The van der Waals surface area contributed by atoms with E-state index in [-0.39, 0.29) is 0 Å². The highest BCUT2D eigenvalue weighted by atomic mass is 16.5. The van der Waals surface area contributed by atoms with E-state index in [0.717, 1.165) is 0 Å². The van der Waals surface area contributed by atoms with Gasteiger partial charge in [0.25, 0.3) is 0 Å². The number of carboxylic acid groups (broad SMARTS) is 1. The maximum Gasteiger partial charge on any atom is 0.326 e. The van der Waals surface area contributed by atoms with Crippen LogP contribution in [-0.2, 0) is 14.3 Å². The van der Waals surface area contributed by atoms with Crippen LogP contribution in [0, 0.1) is 0 Å². The molecule has 0 aliphatic heterocycles. The van der Waals surface area contributed by atoms with Crippen LogP contribution in [0.5, 0.6) is 0 Å². The van der Waals surface area contributed by atoms with Crippen LogP contribution in [0.3, 0.4) is 0 Å². The van der Waals surface area contributed by atoms with Gasteiger partial charge in [0.15, 0.2) is 0 Å². The fraction of sp³-hybridized carbons (Fsp3) is 0.727. The topological polar surface area (TPSA) is 122 Å². The van der Waals surface area contributed by atoms with Gasteiger partial charge in [-0.2, -0.15) is 0 Å². The summed E-state index contributed by atoms with van der Waals surface area (Å²) in [5.74, 6) is -2.09. The molecule has 0 saturated heterocycles. The molecule has 0 aromatic heterocycles. The Morgan fingerprint density at radius 1 is 1.37 bits per heavy atom. The summed E-state index contributed by atoms with van der Waals surface area (Å²) in [6.45, 7) is 5.25. The Labute approximate surface area is 111 Å². The van der Waals surface area contributed by atoms with Gasteiger partial charge in [-0.25, -0.2) is 9.59 Å². The molecular weight excluding hydrogens is 254 g/mol. The fourth-order valence-electron chi connectivity index (χ4n) is 1.36. The van der Waals surface area contributed by atoms with Gasteiger partial charge in [-0.15, -0.1) is 0 Å². The van der Waals surface area contributed by atoms with Crippen LogP contribution in [-0.4, -0.2) is 60.3 Å². The van der Waals surface area contributed by atoms with Gasteiger partial charge in [0.1, 0.15) is 6.04 Å². The van der Waals surface area contributed by atoms with Crippen molar-refractivity contribution in [2.24, 2.45) is 5.73 Å². The number of ether oxygens (including phenoxy) is 1. The monoisotopic (exact) mass is 275 g/mol. The number of rotatable bonds is 9. The number of amides is 3. The smallest absolute Gasteiger partial charge is 0.326 e.